The topological polar surface area (TPSA) is 50.4 Å². The van der Waals surface area contributed by atoms with Gasteiger partial charge in [-0.15, -0.1) is 0 Å². The number of nitrogens with one attached hydrogen (secondary N) is 2. The van der Waals surface area contributed by atoms with Crippen molar-refractivity contribution in [1.82, 2.24) is 5.32 Å². The van der Waals surface area contributed by atoms with Crippen LogP contribution in [0.3, 0.4) is 0 Å². The molecule has 1 aliphatic heterocycles. The Morgan fingerprint density at radius 1 is 1.12 bits per heavy atom. The summed E-state index contributed by atoms with van der Waals surface area (Å²) in [6, 6.07) is 16.4. The molecule has 3 atom stereocenters. The molecule has 2 aromatic carbocycles. The maximum Gasteiger partial charge on any atom is 0.241 e. The first-order valence-corrected chi connectivity index (χ1v) is 9.55. The number of carbonyl (C=O) groups is 1. The summed E-state index contributed by atoms with van der Waals surface area (Å²) in [4.78, 5) is 12.7. The fraction of sp³-hybridized carbons (Fsp3) is 0.409. The lowest BCUT2D eigenvalue weighted by atomic mass is 9.85. The predicted molar refractivity (Wildman–Crippen MR) is 104 cm³/mol. The lowest BCUT2D eigenvalue weighted by Gasteiger charge is -2.24. The molecule has 2 aromatic rings. The molecule has 2 aliphatic rings. The third-order valence-electron chi connectivity index (χ3n) is 5.73. The van der Waals surface area contributed by atoms with Crippen LogP contribution in [0.5, 0.6) is 5.75 Å². The van der Waals surface area contributed by atoms with Crippen LogP contribution in [0.4, 0.5) is 5.69 Å². The second kappa shape index (κ2) is 7.50. The molecular formula is C22H26N2O2. The van der Waals surface area contributed by atoms with Crippen LogP contribution in [-0.4, -0.2) is 25.1 Å². The maximum atomic E-state index is 12.7. The fourth-order valence-corrected chi connectivity index (χ4v) is 4.40. The molecule has 1 aliphatic carbocycles. The van der Waals surface area contributed by atoms with Gasteiger partial charge in [0.05, 0.1) is 13.2 Å². The monoisotopic (exact) mass is 350 g/mol. The Morgan fingerprint density at radius 2 is 1.96 bits per heavy atom. The van der Waals surface area contributed by atoms with Crippen molar-refractivity contribution in [2.24, 2.45) is 5.92 Å². The Balaban J connectivity index is 1.48. The highest BCUT2D eigenvalue weighted by atomic mass is 16.5. The van der Waals surface area contributed by atoms with E-state index < -0.39 is 0 Å². The van der Waals surface area contributed by atoms with Gasteiger partial charge in [-0.05, 0) is 48.9 Å². The molecule has 4 heteroatoms. The van der Waals surface area contributed by atoms with Gasteiger partial charge in [0, 0.05) is 17.3 Å². The molecule has 1 amide bonds. The number of anilines is 1. The molecule has 2 N–H and O–H groups in total. The quantitative estimate of drug-likeness (QED) is 0.868. The number of para-hydroxylation sites is 1. The van der Waals surface area contributed by atoms with E-state index in [1.54, 1.807) is 7.11 Å². The van der Waals surface area contributed by atoms with Crippen LogP contribution in [0.2, 0.25) is 0 Å². The van der Waals surface area contributed by atoms with Gasteiger partial charge in [0.15, 0.2) is 0 Å². The summed E-state index contributed by atoms with van der Waals surface area (Å²) in [5.41, 5.74) is 2.89. The molecular weight excluding hydrogens is 324 g/mol. The van der Waals surface area contributed by atoms with Gasteiger partial charge in [-0.1, -0.05) is 43.2 Å². The lowest BCUT2D eigenvalue weighted by Crippen LogP contribution is -2.39. The summed E-state index contributed by atoms with van der Waals surface area (Å²) in [7, 11) is 1.68. The first kappa shape index (κ1) is 17.1. The van der Waals surface area contributed by atoms with Crippen LogP contribution in [0.15, 0.2) is 48.5 Å². The predicted octanol–water partition coefficient (Wildman–Crippen LogP) is 4.22. The highest BCUT2D eigenvalue weighted by Crippen LogP contribution is 2.34. The van der Waals surface area contributed by atoms with E-state index in [4.69, 9.17) is 4.74 Å². The molecule has 26 heavy (non-hydrogen) atoms. The second-order valence-corrected chi connectivity index (χ2v) is 7.38. The molecule has 0 bridgehead atoms. The zero-order chi connectivity index (χ0) is 17.9. The van der Waals surface area contributed by atoms with E-state index in [1.165, 1.54) is 25.7 Å². The van der Waals surface area contributed by atoms with Crippen molar-refractivity contribution in [3.05, 3.63) is 48.5 Å². The number of rotatable bonds is 4. The Kier molecular flexibility index (Phi) is 4.93. The molecule has 1 saturated heterocycles. The van der Waals surface area contributed by atoms with Gasteiger partial charge in [-0.25, -0.2) is 0 Å². The van der Waals surface area contributed by atoms with Gasteiger partial charge < -0.3 is 15.4 Å². The zero-order valence-corrected chi connectivity index (χ0v) is 15.2. The molecule has 1 heterocycles. The first-order chi connectivity index (χ1) is 12.7. The molecule has 1 saturated carbocycles. The standard InChI is InChI=1S/C22H26N2O2/c1-26-21-12-5-3-10-18(21)15-8-6-9-17(13-15)23-22(25)20-14-16-7-2-4-11-19(16)24-20/h3,5-6,8-10,12-13,16,19-20,24H,2,4,7,11,14H2,1H3,(H,23,25). The Bertz CT molecular complexity index is 775. The number of benzene rings is 2. The van der Waals surface area contributed by atoms with E-state index >= 15 is 0 Å². The van der Waals surface area contributed by atoms with E-state index in [9.17, 15) is 4.79 Å². The third kappa shape index (κ3) is 3.47. The third-order valence-corrected chi connectivity index (χ3v) is 5.73. The molecule has 4 nitrogen and oxygen atoms in total. The largest absolute Gasteiger partial charge is 0.496 e. The normalized spacial score (nSPS) is 24.7. The van der Waals surface area contributed by atoms with Crippen molar-refractivity contribution in [1.29, 1.82) is 0 Å². The van der Waals surface area contributed by atoms with Crippen molar-refractivity contribution in [3.63, 3.8) is 0 Å². The van der Waals surface area contributed by atoms with Crippen LogP contribution in [0.1, 0.15) is 32.1 Å². The summed E-state index contributed by atoms with van der Waals surface area (Å²) in [6.07, 6.45) is 6.01. The minimum Gasteiger partial charge on any atom is -0.496 e. The van der Waals surface area contributed by atoms with E-state index in [0.29, 0.717) is 12.0 Å². The Labute approximate surface area is 155 Å². The molecule has 0 aromatic heterocycles. The van der Waals surface area contributed by atoms with E-state index in [2.05, 4.69) is 10.6 Å². The number of amides is 1. The Hall–Kier alpha value is -2.33. The van der Waals surface area contributed by atoms with Crippen LogP contribution in [0, 0.1) is 5.92 Å². The van der Waals surface area contributed by atoms with Gasteiger partial charge >= 0.3 is 0 Å². The highest BCUT2D eigenvalue weighted by molar-refractivity contribution is 5.95. The maximum absolute atomic E-state index is 12.7. The van der Waals surface area contributed by atoms with Gasteiger partial charge in [-0.3, -0.25) is 4.79 Å². The van der Waals surface area contributed by atoms with Gasteiger partial charge in [0.1, 0.15) is 5.75 Å². The van der Waals surface area contributed by atoms with Gasteiger partial charge in [0.2, 0.25) is 5.91 Å². The van der Waals surface area contributed by atoms with Gasteiger partial charge in [0.25, 0.3) is 0 Å². The van der Waals surface area contributed by atoms with Crippen LogP contribution in [0.25, 0.3) is 11.1 Å². The summed E-state index contributed by atoms with van der Waals surface area (Å²) >= 11 is 0. The molecule has 0 radical (unpaired) electrons. The van der Waals surface area contributed by atoms with Crippen LogP contribution < -0.4 is 15.4 Å². The molecule has 2 fully saturated rings. The van der Waals surface area contributed by atoms with Crippen LogP contribution in [-0.2, 0) is 4.79 Å². The molecule has 3 unspecified atom stereocenters. The molecule has 136 valence electrons. The molecule has 4 rings (SSSR count). The number of ether oxygens (including phenoxy) is 1. The zero-order valence-electron chi connectivity index (χ0n) is 15.2. The van der Waals surface area contributed by atoms with Crippen molar-refractivity contribution in [2.75, 3.05) is 12.4 Å². The van der Waals surface area contributed by atoms with Crippen LogP contribution >= 0.6 is 0 Å². The number of carbonyl (C=O) groups excluding carboxylic acids is 1. The van der Waals surface area contributed by atoms with Crippen molar-refractivity contribution >= 4 is 11.6 Å². The van der Waals surface area contributed by atoms with Crippen molar-refractivity contribution in [3.8, 4) is 16.9 Å². The SMILES string of the molecule is COc1ccccc1-c1cccc(NC(=O)C2CC3CCCCC3N2)c1. The minimum atomic E-state index is -0.0713. The van der Waals surface area contributed by atoms with E-state index in [-0.39, 0.29) is 11.9 Å². The van der Waals surface area contributed by atoms with Gasteiger partial charge in [-0.2, -0.15) is 0 Å². The number of methoxy groups -OCH3 is 1. The first-order valence-electron chi connectivity index (χ1n) is 9.55. The van der Waals surface area contributed by atoms with Crippen molar-refractivity contribution in [2.45, 2.75) is 44.2 Å². The number of hydrogen-bond donors (Lipinski definition) is 2. The Morgan fingerprint density at radius 3 is 2.81 bits per heavy atom. The van der Waals surface area contributed by atoms with Crippen molar-refractivity contribution < 1.29 is 9.53 Å². The summed E-state index contributed by atoms with van der Waals surface area (Å²) in [5.74, 6) is 1.58. The summed E-state index contributed by atoms with van der Waals surface area (Å²) < 4.78 is 5.46. The molecule has 0 spiro atoms. The lowest BCUT2D eigenvalue weighted by molar-refractivity contribution is -0.117. The fourth-order valence-electron chi connectivity index (χ4n) is 4.40. The van der Waals surface area contributed by atoms with E-state index in [0.717, 1.165) is 29.0 Å². The van der Waals surface area contributed by atoms with E-state index in [1.807, 2.05) is 48.5 Å². The number of fused-ring (bicyclic) bond motifs is 1. The second-order valence-electron chi connectivity index (χ2n) is 7.38. The summed E-state index contributed by atoms with van der Waals surface area (Å²) in [5, 5.41) is 6.64. The smallest absolute Gasteiger partial charge is 0.241 e. The highest BCUT2D eigenvalue weighted by Gasteiger charge is 2.38. The summed E-state index contributed by atoms with van der Waals surface area (Å²) in [6.45, 7) is 0. The average Bonchev–Trinajstić information content (AvgIpc) is 3.12. The number of hydrogen-bond acceptors (Lipinski definition) is 3. The average molecular weight is 350 g/mol. The minimum absolute atomic E-state index is 0.0713.